The number of rotatable bonds is 9. The van der Waals surface area contributed by atoms with Crippen molar-refractivity contribution in [3.63, 3.8) is 0 Å². The minimum absolute atomic E-state index is 0.0770. The van der Waals surface area contributed by atoms with Gasteiger partial charge in [0.25, 0.3) is 0 Å². The second-order valence-electron chi connectivity index (χ2n) is 10.8. The lowest BCUT2D eigenvalue weighted by Crippen LogP contribution is -2.43. The van der Waals surface area contributed by atoms with Gasteiger partial charge in [0.15, 0.2) is 0 Å². The van der Waals surface area contributed by atoms with Gasteiger partial charge in [-0.1, -0.05) is 74.5 Å². The number of carbonyl (C=O) groups is 2. The normalized spacial score (nSPS) is 16.2. The number of amides is 1. The Bertz CT molecular complexity index is 1290. The van der Waals surface area contributed by atoms with Gasteiger partial charge in [0, 0.05) is 31.1 Å². The third-order valence-corrected chi connectivity index (χ3v) is 8.31. The van der Waals surface area contributed by atoms with Gasteiger partial charge in [0.1, 0.15) is 12.6 Å². The number of fused-ring (bicyclic) bond motifs is 3. The van der Waals surface area contributed by atoms with Gasteiger partial charge in [-0.05, 0) is 71.0 Å². The number of hydrogen-bond donors (Lipinski definition) is 2. The third-order valence-electron chi connectivity index (χ3n) is 8.31. The van der Waals surface area contributed by atoms with Crippen LogP contribution in [0.15, 0.2) is 66.7 Å². The number of nitrogens with zero attached hydrogens (tertiary/aromatic N) is 1. The number of carboxylic acids is 1. The van der Waals surface area contributed by atoms with E-state index in [2.05, 4.69) is 60.5 Å². The van der Waals surface area contributed by atoms with E-state index in [0.717, 1.165) is 47.3 Å². The number of hydrogen-bond acceptors (Lipinski definition) is 4. The van der Waals surface area contributed by atoms with Gasteiger partial charge in [0.2, 0.25) is 0 Å². The summed E-state index contributed by atoms with van der Waals surface area (Å²) in [6, 6.07) is 21.5. The SMILES string of the molecule is CCC(C)c1cc(CC(NC(=O)OCC2c3ccccc3-c3ccccc32)C(=O)O)ccc1N1CCCCC1. The second kappa shape index (κ2) is 11.9. The molecule has 2 unspecified atom stereocenters. The van der Waals surface area contributed by atoms with Gasteiger partial charge in [-0.25, -0.2) is 9.59 Å². The summed E-state index contributed by atoms with van der Waals surface area (Å²) in [6.45, 7) is 6.66. The van der Waals surface area contributed by atoms with Crippen molar-refractivity contribution in [2.24, 2.45) is 0 Å². The number of aliphatic carboxylic acids is 1. The highest BCUT2D eigenvalue weighted by atomic mass is 16.5. The van der Waals surface area contributed by atoms with Gasteiger partial charge < -0.3 is 20.1 Å². The van der Waals surface area contributed by atoms with Crippen molar-refractivity contribution in [2.45, 2.75) is 63.8 Å². The van der Waals surface area contributed by atoms with E-state index in [1.807, 2.05) is 30.3 Å². The fraction of sp³-hybridized carbons (Fsp3) is 0.394. The molecule has 1 aliphatic carbocycles. The highest BCUT2D eigenvalue weighted by Crippen LogP contribution is 2.44. The molecular weight excluding hydrogens is 488 g/mol. The maximum Gasteiger partial charge on any atom is 0.407 e. The first-order valence-electron chi connectivity index (χ1n) is 14.2. The summed E-state index contributed by atoms with van der Waals surface area (Å²) in [5, 5.41) is 12.5. The van der Waals surface area contributed by atoms with E-state index in [0.29, 0.717) is 5.92 Å². The van der Waals surface area contributed by atoms with Crippen LogP contribution in [0.3, 0.4) is 0 Å². The van der Waals surface area contributed by atoms with Crippen LogP contribution < -0.4 is 10.2 Å². The summed E-state index contributed by atoms with van der Waals surface area (Å²) >= 11 is 0. The molecule has 3 aromatic rings. The first-order chi connectivity index (χ1) is 19.0. The lowest BCUT2D eigenvalue weighted by Gasteiger charge is -2.32. The minimum atomic E-state index is -1.08. The Hall–Kier alpha value is -3.80. The molecule has 2 aliphatic rings. The van der Waals surface area contributed by atoms with Crippen LogP contribution in [0.5, 0.6) is 0 Å². The number of carboxylic acid groups (broad SMARTS) is 1. The molecule has 6 nitrogen and oxygen atoms in total. The Labute approximate surface area is 231 Å². The maximum atomic E-state index is 12.8. The summed E-state index contributed by atoms with van der Waals surface area (Å²) in [4.78, 5) is 27.4. The summed E-state index contributed by atoms with van der Waals surface area (Å²) in [5.74, 6) is -0.791. The quantitative estimate of drug-likeness (QED) is 0.323. The van der Waals surface area contributed by atoms with Crippen molar-refractivity contribution >= 4 is 17.7 Å². The van der Waals surface area contributed by atoms with E-state index >= 15 is 0 Å². The van der Waals surface area contributed by atoms with Crippen molar-refractivity contribution in [1.29, 1.82) is 0 Å². The fourth-order valence-corrected chi connectivity index (χ4v) is 5.99. The predicted molar refractivity (Wildman–Crippen MR) is 155 cm³/mol. The van der Waals surface area contributed by atoms with Crippen LogP contribution in [0.1, 0.15) is 73.6 Å². The topological polar surface area (TPSA) is 78.9 Å². The van der Waals surface area contributed by atoms with E-state index in [1.165, 1.54) is 30.5 Å². The molecule has 1 heterocycles. The lowest BCUT2D eigenvalue weighted by atomic mass is 9.92. The Kier molecular flexibility index (Phi) is 8.20. The zero-order valence-corrected chi connectivity index (χ0v) is 22.9. The molecule has 204 valence electrons. The molecule has 0 bridgehead atoms. The summed E-state index contributed by atoms with van der Waals surface area (Å²) in [5.41, 5.74) is 7.94. The first-order valence-corrected chi connectivity index (χ1v) is 14.2. The predicted octanol–water partition coefficient (Wildman–Crippen LogP) is 6.72. The average molecular weight is 527 g/mol. The van der Waals surface area contributed by atoms with Gasteiger partial charge in [-0.2, -0.15) is 0 Å². The summed E-state index contributed by atoms with van der Waals surface area (Å²) in [6.07, 6.45) is 4.17. The number of carbonyl (C=O) groups excluding carboxylic acids is 1. The molecule has 0 spiro atoms. The van der Waals surface area contributed by atoms with E-state index in [9.17, 15) is 14.7 Å². The number of nitrogens with one attached hydrogen (secondary N) is 1. The smallest absolute Gasteiger partial charge is 0.407 e. The molecule has 0 saturated carbocycles. The maximum absolute atomic E-state index is 12.8. The van der Waals surface area contributed by atoms with Crippen LogP contribution in [0, 0.1) is 0 Å². The van der Waals surface area contributed by atoms with Crippen LogP contribution in [-0.4, -0.2) is 42.9 Å². The number of piperidine rings is 1. The molecule has 1 saturated heterocycles. The zero-order chi connectivity index (χ0) is 27.4. The summed E-state index contributed by atoms with van der Waals surface area (Å²) in [7, 11) is 0. The van der Waals surface area contributed by atoms with Crippen LogP contribution in [0.25, 0.3) is 11.1 Å². The van der Waals surface area contributed by atoms with Crippen LogP contribution in [0.4, 0.5) is 10.5 Å². The largest absolute Gasteiger partial charge is 0.480 e. The summed E-state index contributed by atoms with van der Waals surface area (Å²) < 4.78 is 5.62. The second-order valence-corrected chi connectivity index (χ2v) is 10.8. The molecule has 5 rings (SSSR count). The Morgan fingerprint density at radius 1 is 0.974 bits per heavy atom. The molecule has 2 N–H and O–H groups in total. The zero-order valence-electron chi connectivity index (χ0n) is 22.9. The van der Waals surface area contributed by atoms with Crippen molar-refractivity contribution in [1.82, 2.24) is 5.32 Å². The number of benzene rings is 3. The van der Waals surface area contributed by atoms with Gasteiger partial charge in [-0.3, -0.25) is 0 Å². The van der Waals surface area contributed by atoms with Crippen molar-refractivity contribution in [2.75, 3.05) is 24.6 Å². The molecular formula is C33H38N2O4. The third kappa shape index (κ3) is 5.80. The highest BCUT2D eigenvalue weighted by Gasteiger charge is 2.30. The van der Waals surface area contributed by atoms with E-state index in [-0.39, 0.29) is 18.9 Å². The molecule has 0 radical (unpaired) electrons. The molecule has 3 aromatic carbocycles. The number of ether oxygens (including phenoxy) is 1. The first kappa shape index (κ1) is 26.8. The fourth-order valence-electron chi connectivity index (χ4n) is 5.99. The van der Waals surface area contributed by atoms with E-state index in [4.69, 9.17) is 4.74 Å². The van der Waals surface area contributed by atoms with Gasteiger partial charge >= 0.3 is 12.1 Å². The molecule has 1 fully saturated rings. The van der Waals surface area contributed by atoms with Crippen LogP contribution in [-0.2, 0) is 16.0 Å². The number of anilines is 1. The molecule has 39 heavy (non-hydrogen) atoms. The molecule has 6 heteroatoms. The number of alkyl carbamates (subject to hydrolysis) is 1. The minimum Gasteiger partial charge on any atom is -0.480 e. The Morgan fingerprint density at radius 3 is 2.23 bits per heavy atom. The lowest BCUT2D eigenvalue weighted by molar-refractivity contribution is -0.139. The standard InChI is InChI=1S/C33H38N2O4/c1-3-22(2)28-19-23(15-16-31(28)35-17-9-4-10-18-35)20-30(32(36)37)34-33(38)39-21-29-26-13-7-5-11-24(26)25-12-6-8-14-27(25)29/h5-8,11-16,19,22,29-30H,3-4,9-10,17-18,20-21H2,1-2H3,(H,34,38)(H,36,37). The van der Waals surface area contributed by atoms with Crippen LogP contribution >= 0.6 is 0 Å². The molecule has 0 aromatic heterocycles. The van der Waals surface area contributed by atoms with Gasteiger partial charge in [0.05, 0.1) is 0 Å². The molecule has 1 amide bonds. The van der Waals surface area contributed by atoms with Crippen molar-refractivity contribution in [3.8, 4) is 11.1 Å². The van der Waals surface area contributed by atoms with Gasteiger partial charge in [-0.15, -0.1) is 0 Å². The molecule has 2 atom stereocenters. The van der Waals surface area contributed by atoms with E-state index in [1.54, 1.807) is 0 Å². The van der Waals surface area contributed by atoms with Crippen LogP contribution in [0.2, 0.25) is 0 Å². The Balaban J connectivity index is 1.27. The monoisotopic (exact) mass is 526 g/mol. The highest BCUT2D eigenvalue weighted by molar-refractivity contribution is 5.81. The molecule has 1 aliphatic heterocycles. The van der Waals surface area contributed by atoms with E-state index < -0.39 is 18.1 Å². The van der Waals surface area contributed by atoms with Crippen molar-refractivity contribution < 1.29 is 19.4 Å². The average Bonchev–Trinajstić information content (AvgIpc) is 3.29. The Morgan fingerprint density at radius 2 is 1.62 bits per heavy atom. The van der Waals surface area contributed by atoms with Crippen molar-refractivity contribution in [3.05, 3.63) is 89.0 Å².